The Balaban J connectivity index is 3.05. The Kier molecular flexibility index (Phi) is 5.87. The minimum Gasteiger partial charge on any atom is -0.310 e. The van der Waals surface area contributed by atoms with Crippen LogP contribution in [0.15, 0.2) is 12.1 Å². The Morgan fingerprint density at radius 3 is 2.06 bits per heavy atom. The molecule has 102 valence electrons. The molecule has 1 rings (SSSR count). The van der Waals surface area contributed by atoms with Crippen molar-refractivity contribution < 1.29 is 0 Å². The zero-order chi connectivity index (χ0) is 13.7. The molecule has 0 aliphatic rings. The fraction of sp³-hybridized carbons (Fsp3) is 0.647. The molecule has 0 heterocycles. The van der Waals surface area contributed by atoms with Crippen LogP contribution < -0.4 is 5.32 Å². The number of hydrogen-bond donors (Lipinski definition) is 1. The van der Waals surface area contributed by atoms with Crippen LogP contribution in [0.1, 0.15) is 61.9 Å². The maximum atomic E-state index is 3.67. The second-order valence-corrected chi connectivity index (χ2v) is 5.67. The SMILES string of the molecule is CCNC(CC(C)CC)c1c(C)cc(C)cc1C. The van der Waals surface area contributed by atoms with E-state index < -0.39 is 0 Å². The predicted octanol–water partition coefficient (Wildman–Crippen LogP) is 4.70. The first-order chi connectivity index (χ1) is 8.49. The van der Waals surface area contributed by atoms with Gasteiger partial charge in [-0.2, -0.15) is 0 Å². The summed E-state index contributed by atoms with van der Waals surface area (Å²) in [5.74, 6) is 0.772. The van der Waals surface area contributed by atoms with Gasteiger partial charge in [0.05, 0.1) is 0 Å². The van der Waals surface area contributed by atoms with E-state index in [1.807, 2.05) is 0 Å². The predicted molar refractivity (Wildman–Crippen MR) is 81.1 cm³/mol. The quantitative estimate of drug-likeness (QED) is 0.768. The molecular formula is C17H29N. The van der Waals surface area contributed by atoms with Crippen LogP contribution in [0.2, 0.25) is 0 Å². The van der Waals surface area contributed by atoms with E-state index in [1.54, 1.807) is 0 Å². The highest BCUT2D eigenvalue weighted by Gasteiger charge is 2.17. The van der Waals surface area contributed by atoms with E-state index in [-0.39, 0.29) is 0 Å². The molecule has 0 radical (unpaired) electrons. The van der Waals surface area contributed by atoms with Gasteiger partial charge in [-0.25, -0.2) is 0 Å². The van der Waals surface area contributed by atoms with Crippen LogP contribution >= 0.6 is 0 Å². The normalized spacial score (nSPS) is 14.6. The molecule has 0 aliphatic carbocycles. The zero-order valence-corrected chi connectivity index (χ0v) is 12.9. The summed E-state index contributed by atoms with van der Waals surface area (Å²) < 4.78 is 0. The van der Waals surface area contributed by atoms with E-state index in [0.29, 0.717) is 6.04 Å². The smallest absolute Gasteiger partial charge is 0.0327 e. The minimum absolute atomic E-state index is 0.505. The van der Waals surface area contributed by atoms with Crippen LogP contribution in [-0.4, -0.2) is 6.54 Å². The molecule has 2 unspecified atom stereocenters. The van der Waals surface area contributed by atoms with Gasteiger partial charge in [-0.1, -0.05) is 44.9 Å². The molecule has 0 bridgehead atoms. The van der Waals surface area contributed by atoms with Gasteiger partial charge in [-0.05, 0) is 56.3 Å². The Hall–Kier alpha value is -0.820. The summed E-state index contributed by atoms with van der Waals surface area (Å²) in [7, 11) is 0. The third-order valence-electron chi connectivity index (χ3n) is 3.87. The summed E-state index contributed by atoms with van der Waals surface area (Å²) in [5, 5.41) is 3.67. The van der Waals surface area contributed by atoms with Crippen molar-refractivity contribution in [2.75, 3.05) is 6.54 Å². The van der Waals surface area contributed by atoms with Crippen molar-refractivity contribution in [2.24, 2.45) is 5.92 Å². The van der Waals surface area contributed by atoms with E-state index in [4.69, 9.17) is 0 Å². The van der Waals surface area contributed by atoms with E-state index >= 15 is 0 Å². The molecule has 0 amide bonds. The first-order valence-corrected chi connectivity index (χ1v) is 7.30. The van der Waals surface area contributed by atoms with Crippen LogP contribution in [-0.2, 0) is 0 Å². The fourth-order valence-corrected chi connectivity index (χ4v) is 2.86. The van der Waals surface area contributed by atoms with Crippen molar-refractivity contribution in [2.45, 2.75) is 60.4 Å². The Bertz CT molecular complexity index is 358. The maximum Gasteiger partial charge on any atom is 0.0327 e. The number of benzene rings is 1. The molecule has 0 fully saturated rings. The highest BCUT2D eigenvalue weighted by Crippen LogP contribution is 2.29. The molecule has 1 aromatic rings. The number of aryl methyl sites for hydroxylation is 3. The molecule has 0 saturated heterocycles. The summed E-state index contributed by atoms with van der Waals surface area (Å²) in [6.45, 7) is 14.5. The van der Waals surface area contributed by atoms with Crippen LogP contribution in [0.3, 0.4) is 0 Å². The van der Waals surface area contributed by atoms with Crippen molar-refractivity contribution in [1.29, 1.82) is 0 Å². The van der Waals surface area contributed by atoms with Crippen molar-refractivity contribution in [1.82, 2.24) is 5.32 Å². The lowest BCUT2D eigenvalue weighted by Gasteiger charge is -2.25. The van der Waals surface area contributed by atoms with Gasteiger partial charge in [0.1, 0.15) is 0 Å². The van der Waals surface area contributed by atoms with Crippen LogP contribution in [0.5, 0.6) is 0 Å². The molecule has 1 nitrogen and oxygen atoms in total. The third kappa shape index (κ3) is 3.84. The van der Waals surface area contributed by atoms with Crippen LogP contribution in [0.4, 0.5) is 0 Å². The summed E-state index contributed by atoms with van der Waals surface area (Å²) in [4.78, 5) is 0. The van der Waals surface area contributed by atoms with Crippen molar-refractivity contribution in [3.8, 4) is 0 Å². The maximum absolute atomic E-state index is 3.67. The van der Waals surface area contributed by atoms with Crippen LogP contribution in [0, 0.1) is 26.7 Å². The van der Waals surface area contributed by atoms with Crippen molar-refractivity contribution in [3.05, 3.63) is 34.4 Å². The van der Waals surface area contributed by atoms with E-state index in [9.17, 15) is 0 Å². The largest absolute Gasteiger partial charge is 0.310 e. The van der Waals surface area contributed by atoms with Gasteiger partial charge in [0.15, 0.2) is 0 Å². The number of rotatable bonds is 6. The second-order valence-electron chi connectivity index (χ2n) is 5.67. The molecule has 1 aromatic carbocycles. The van der Waals surface area contributed by atoms with Crippen molar-refractivity contribution >= 4 is 0 Å². The van der Waals surface area contributed by atoms with Gasteiger partial charge in [-0.15, -0.1) is 0 Å². The molecule has 0 spiro atoms. The Morgan fingerprint density at radius 2 is 1.61 bits per heavy atom. The van der Waals surface area contributed by atoms with Crippen molar-refractivity contribution in [3.63, 3.8) is 0 Å². The highest BCUT2D eigenvalue weighted by atomic mass is 14.9. The summed E-state index contributed by atoms with van der Waals surface area (Å²) in [6, 6.07) is 5.12. The topological polar surface area (TPSA) is 12.0 Å². The minimum atomic E-state index is 0.505. The van der Waals surface area contributed by atoms with Gasteiger partial charge in [0.25, 0.3) is 0 Å². The second kappa shape index (κ2) is 6.94. The Labute approximate surface area is 113 Å². The fourth-order valence-electron chi connectivity index (χ4n) is 2.86. The summed E-state index contributed by atoms with van der Waals surface area (Å²) in [5.41, 5.74) is 5.75. The molecule has 2 atom stereocenters. The first kappa shape index (κ1) is 15.2. The van der Waals surface area contributed by atoms with E-state index in [2.05, 4.69) is 59.0 Å². The molecule has 0 saturated carbocycles. The molecule has 1 N–H and O–H groups in total. The first-order valence-electron chi connectivity index (χ1n) is 7.30. The average molecular weight is 247 g/mol. The summed E-state index contributed by atoms with van der Waals surface area (Å²) >= 11 is 0. The molecular weight excluding hydrogens is 218 g/mol. The molecule has 1 heteroatoms. The summed E-state index contributed by atoms with van der Waals surface area (Å²) in [6.07, 6.45) is 2.49. The van der Waals surface area contributed by atoms with Gasteiger partial charge in [0.2, 0.25) is 0 Å². The Morgan fingerprint density at radius 1 is 1.06 bits per heavy atom. The lowest BCUT2D eigenvalue weighted by atomic mass is 9.88. The molecule has 0 aliphatic heterocycles. The average Bonchev–Trinajstić information content (AvgIpc) is 2.27. The number of nitrogens with one attached hydrogen (secondary N) is 1. The van der Waals surface area contributed by atoms with E-state index in [0.717, 1.165) is 12.5 Å². The highest BCUT2D eigenvalue weighted by molar-refractivity contribution is 5.39. The van der Waals surface area contributed by atoms with Gasteiger partial charge < -0.3 is 5.32 Å². The lowest BCUT2D eigenvalue weighted by Crippen LogP contribution is -2.24. The molecule has 0 aromatic heterocycles. The standard InChI is InChI=1S/C17H29N/c1-7-12(3)11-16(18-8-2)17-14(5)9-13(4)10-15(17)6/h9-10,12,16,18H,7-8,11H2,1-6H3. The van der Waals surface area contributed by atoms with Crippen LogP contribution in [0.25, 0.3) is 0 Å². The number of hydrogen-bond acceptors (Lipinski definition) is 1. The molecule has 18 heavy (non-hydrogen) atoms. The van der Waals surface area contributed by atoms with E-state index in [1.165, 1.54) is 35.1 Å². The van der Waals surface area contributed by atoms with Gasteiger partial charge in [-0.3, -0.25) is 0 Å². The van der Waals surface area contributed by atoms with Gasteiger partial charge >= 0.3 is 0 Å². The third-order valence-corrected chi connectivity index (χ3v) is 3.87. The zero-order valence-electron chi connectivity index (χ0n) is 12.9. The van der Waals surface area contributed by atoms with Gasteiger partial charge in [0, 0.05) is 6.04 Å². The monoisotopic (exact) mass is 247 g/mol. The lowest BCUT2D eigenvalue weighted by molar-refractivity contribution is 0.406.